The number of nitrogens with one attached hydrogen (secondary N) is 2. The molecule has 2 atom stereocenters. The van der Waals surface area contributed by atoms with Crippen molar-refractivity contribution in [2.75, 3.05) is 6.61 Å². The summed E-state index contributed by atoms with van der Waals surface area (Å²) in [7, 11) is 0. The lowest BCUT2D eigenvalue weighted by molar-refractivity contribution is -0.124. The lowest BCUT2D eigenvalue weighted by Crippen LogP contribution is -2.49. The fourth-order valence-electron chi connectivity index (χ4n) is 2.33. The maximum Gasteiger partial charge on any atom is 0.237 e. The Labute approximate surface area is 124 Å². The Balaban J connectivity index is 2.07. The van der Waals surface area contributed by atoms with Gasteiger partial charge in [0.15, 0.2) is 0 Å². The summed E-state index contributed by atoms with van der Waals surface area (Å²) in [6.45, 7) is 3.69. The van der Waals surface area contributed by atoms with E-state index in [0.717, 1.165) is 16.5 Å². The molecule has 0 aliphatic carbocycles. The third-order valence-electron chi connectivity index (χ3n) is 3.73. The van der Waals surface area contributed by atoms with Gasteiger partial charge in [-0.25, -0.2) is 0 Å². The monoisotopic (exact) mass is 289 g/mol. The van der Waals surface area contributed by atoms with E-state index in [1.807, 2.05) is 44.3 Å². The van der Waals surface area contributed by atoms with Crippen molar-refractivity contribution in [2.24, 2.45) is 11.7 Å². The van der Waals surface area contributed by atoms with E-state index in [0.29, 0.717) is 6.42 Å². The molecule has 2 rings (SSSR count). The number of aromatic amines is 1. The van der Waals surface area contributed by atoms with E-state index >= 15 is 0 Å². The van der Waals surface area contributed by atoms with Gasteiger partial charge >= 0.3 is 0 Å². The summed E-state index contributed by atoms with van der Waals surface area (Å²) in [4.78, 5) is 15.2. The minimum Gasteiger partial charge on any atom is -0.394 e. The van der Waals surface area contributed by atoms with Crippen LogP contribution in [0.25, 0.3) is 10.9 Å². The number of carbonyl (C=O) groups excluding carboxylic acids is 1. The van der Waals surface area contributed by atoms with E-state index in [1.165, 1.54) is 0 Å². The van der Waals surface area contributed by atoms with E-state index in [2.05, 4.69) is 10.3 Å². The summed E-state index contributed by atoms with van der Waals surface area (Å²) in [6.07, 6.45) is 2.49. The summed E-state index contributed by atoms with van der Waals surface area (Å²) in [5.74, 6) is -0.152. The summed E-state index contributed by atoms with van der Waals surface area (Å²) >= 11 is 0. The maximum absolute atomic E-state index is 12.0. The molecule has 0 spiro atoms. The van der Waals surface area contributed by atoms with E-state index in [-0.39, 0.29) is 24.5 Å². The summed E-state index contributed by atoms with van der Waals surface area (Å²) in [6, 6.07) is 7.08. The van der Waals surface area contributed by atoms with Crippen LogP contribution < -0.4 is 11.1 Å². The third-order valence-corrected chi connectivity index (χ3v) is 3.73. The number of hydrogen-bond donors (Lipinski definition) is 4. The molecule has 1 aromatic heterocycles. The standard InChI is InChI=1S/C16H23N3O2/c1-10(2)15(17)16(21)19-12(9-20)7-11-8-18-14-6-4-3-5-13(11)14/h3-6,8,10,12,15,18,20H,7,9,17H2,1-2H3,(H,19,21)/t12?,15-/m0/s1. The van der Waals surface area contributed by atoms with E-state index < -0.39 is 6.04 Å². The van der Waals surface area contributed by atoms with Gasteiger partial charge in [0.2, 0.25) is 5.91 Å². The smallest absolute Gasteiger partial charge is 0.237 e. The van der Waals surface area contributed by atoms with Crippen molar-refractivity contribution in [3.05, 3.63) is 36.0 Å². The molecule has 0 saturated carbocycles. The predicted molar refractivity (Wildman–Crippen MR) is 83.8 cm³/mol. The SMILES string of the molecule is CC(C)[C@H](N)C(=O)NC(CO)Cc1c[nH]c2ccccc12. The van der Waals surface area contributed by atoms with Crippen LogP contribution in [0.3, 0.4) is 0 Å². The number of aliphatic hydroxyl groups is 1. The zero-order chi connectivity index (χ0) is 15.4. The average Bonchev–Trinajstić information content (AvgIpc) is 2.88. The first-order valence-electron chi connectivity index (χ1n) is 7.24. The first-order valence-corrected chi connectivity index (χ1v) is 7.24. The minimum absolute atomic E-state index is 0.0671. The summed E-state index contributed by atoms with van der Waals surface area (Å²) in [5.41, 5.74) is 7.95. The highest BCUT2D eigenvalue weighted by Crippen LogP contribution is 2.19. The van der Waals surface area contributed by atoms with Crippen LogP contribution in [0.4, 0.5) is 0 Å². The van der Waals surface area contributed by atoms with Gasteiger partial charge < -0.3 is 21.1 Å². The largest absolute Gasteiger partial charge is 0.394 e. The zero-order valence-corrected chi connectivity index (χ0v) is 12.5. The average molecular weight is 289 g/mol. The van der Waals surface area contributed by atoms with Crippen molar-refractivity contribution in [1.82, 2.24) is 10.3 Å². The number of rotatable bonds is 6. The Morgan fingerprint density at radius 3 is 2.76 bits per heavy atom. The molecule has 0 fully saturated rings. The van der Waals surface area contributed by atoms with Crippen LogP contribution in [0.15, 0.2) is 30.5 Å². The van der Waals surface area contributed by atoms with Crippen LogP contribution in [-0.4, -0.2) is 34.7 Å². The highest BCUT2D eigenvalue weighted by Gasteiger charge is 2.21. The number of carbonyl (C=O) groups is 1. The molecule has 0 aliphatic heterocycles. The number of nitrogens with two attached hydrogens (primary N) is 1. The molecule has 5 heteroatoms. The molecule has 21 heavy (non-hydrogen) atoms. The number of aromatic nitrogens is 1. The normalized spacial score (nSPS) is 14.3. The van der Waals surface area contributed by atoms with Crippen LogP contribution >= 0.6 is 0 Å². The quantitative estimate of drug-likeness (QED) is 0.643. The van der Waals surface area contributed by atoms with Crippen molar-refractivity contribution in [1.29, 1.82) is 0 Å². The molecule has 1 unspecified atom stereocenters. The maximum atomic E-state index is 12.0. The van der Waals surface area contributed by atoms with Crippen molar-refractivity contribution < 1.29 is 9.90 Å². The first-order chi connectivity index (χ1) is 10.0. The number of aliphatic hydroxyl groups excluding tert-OH is 1. The van der Waals surface area contributed by atoms with Crippen molar-refractivity contribution >= 4 is 16.8 Å². The number of para-hydroxylation sites is 1. The molecule has 5 N–H and O–H groups in total. The molecule has 0 aliphatic rings. The van der Waals surface area contributed by atoms with Crippen LogP contribution in [0.1, 0.15) is 19.4 Å². The predicted octanol–water partition coefficient (Wildman–Crippen LogP) is 1.17. The highest BCUT2D eigenvalue weighted by molar-refractivity contribution is 5.84. The molecule has 5 nitrogen and oxygen atoms in total. The molecular weight excluding hydrogens is 266 g/mol. The Morgan fingerprint density at radius 1 is 1.38 bits per heavy atom. The van der Waals surface area contributed by atoms with Crippen molar-refractivity contribution in [3.63, 3.8) is 0 Å². The van der Waals surface area contributed by atoms with Gasteiger partial charge in [0.1, 0.15) is 0 Å². The molecule has 0 bridgehead atoms. The van der Waals surface area contributed by atoms with Crippen molar-refractivity contribution in [3.8, 4) is 0 Å². The minimum atomic E-state index is -0.554. The molecule has 0 saturated heterocycles. The van der Waals surface area contributed by atoms with E-state index in [1.54, 1.807) is 0 Å². The Hall–Kier alpha value is -1.85. The van der Waals surface area contributed by atoms with Gasteiger partial charge in [-0.15, -0.1) is 0 Å². The molecule has 1 heterocycles. The van der Waals surface area contributed by atoms with Crippen LogP contribution in [0, 0.1) is 5.92 Å². The van der Waals surface area contributed by atoms with E-state index in [4.69, 9.17) is 5.73 Å². The van der Waals surface area contributed by atoms with Gasteiger partial charge in [-0.2, -0.15) is 0 Å². The highest BCUT2D eigenvalue weighted by atomic mass is 16.3. The molecular formula is C16H23N3O2. The van der Waals surface area contributed by atoms with Crippen molar-refractivity contribution in [2.45, 2.75) is 32.4 Å². The lowest BCUT2D eigenvalue weighted by Gasteiger charge is -2.21. The lowest BCUT2D eigenvalue weighted by atomic mass is 10.0. The second kappa shape index (κ2) is 6.74. The van der Waals surface area contributed by atoms with Gasteiger partial charge in [-0.3, -0.25) is 4.79 Å². The number of fused-ring (bicyclic) bond motifs is 1. The third kappa shape index (κ3) is 3.62. The summed E-state index contributed by atoms with van der Waals surface area (Å²) < 4.78 is 0. The molecule has 0 radical (unpaired) electrons. The van der Waals surface area contributed by atoms with Gasteiger partial charge in [0.25, 0.3) is 0 Å². The van der Waals surface area contributed by atoms with Crippen LogP contribution in [-0.2, 0) is 11.2 Å². The second-order valence-corrected chi connectivity index (χ2v) is 5.72. The molecule has 1 aromatic carbocycles. The molecule has 1 amide bonds. The number of hydrogen-bond acceptors (Lipinski definition) is 3. The summed E-state index contributed by atoms with van der Waals surface area (Å²) in [5, 5.41) is 13.4. The van der Waals surface area contributed by atoms with Gasteiger partial charge in [0, 0.05) is 17.1 Å². The topological polar surface area (TPSA) is 91.1 Å². The Kier molecular flexibility index (Phi) is 4.98. The van der Waals surface area contributed by atoms with Crippen LogP contribution in [0.5, 0.6) is 0 Å². The zero-order valence-electron chi connectivity index (χ0n) is 12.5. The fraction of sp³-hybridized carbons (Fsp3) is 0.438. The number of H-pyrrole nitrogens is 1. The number of benzene rings is 1. The van der Waals surface area contributed by atoms with E-state index in [9.17, 15) is 9.90 Å². The Bertz CT molecular complexity index is 606. The molecule has 2 aromatic rings. The molecule has 114 valence electrons. The number of amides is 1. The van der Waals surface area contributed by atoms with Crippen LogP contribution in [0.2, 0.25) is 0 Å². The van der Waals surface area contributed by atoms with Gasteiger partial charge in [0.05, 0.1) is 18.7 Å². The van der Waals surface area contributed by atoms with Gasteiger partial charge in [-0.05, 0) is 24.0 Å². The Morgan fingerprint density at radius 2 is 2.10 bits per heavy atom. The van der Waals surface area contributed by atoms with Gasteiger partial charge in [-0.1, -0.05) is 32.0 Å². The fourth-order valence-corrected chi connectivity index (χ4v) is 2.33. The second-order valence-electron chi connectivity index (χ2n) is 5.72. The first kappa shape index (κ1) is 15.5.